The number of halogens is 1. The molecule has 1 aliphatic carbocycles. The molecule has 1 saturated carbocycles. The summed E-state index contributed by atoms with van der Waals surface area (Å²) in [4.78, 5) is 6.90. The van der Waals surface area contributed by atoms with Crippen molar-refractivity contribution in [3.63, 3.8) is 0 Å². The van der Waals surface area contributed by atoms with Gasteiger partial charge in [-0.05, 0) is 60.3 Å². The maximum absolute atomic E-state index is 5.86. The van der Waals surface area contributed by atoms with Gasteiger partial charge in [0, 0.05) is 23.3 Å². The number of hydrogen-bond donors (Lipinski definition) is 1. The summed E-state index contributed by atoms with van der Waals surface area (Å²) in [7, 11) is 0. The van der Waals surface area contributed by atoms with Crippen molar-refractivity contribution >= 4 is 21.7 Å². The molecule has 0 radical (unpaired) electrons. The fourth-order valence-electron chi connectivity index (χ4n) is 2.81. The largest absolute Gasteiger partial charge is 0.354 e. The lowest BCUT2D eigenvalue weighted by Crippen LogP contribution is -2.40. The van der Waals surface area contributed by atoms with E-state index in [0.29, 0.717) is 12.0 Å². The molecule has 1 aliphatic rings. The summed E-state index contributed by atoms with van der Waals surface area (Å²) >= 11 is 3.42. The molecule has 3 nitrogen and oxygen atoms in total. The van der Waals surface area contributed by atoms with Crippen molar-refractivity contribution < 1.29 is 0 Å². The van der Waals surface area contributed by atoms with Crippen LogP contribution in [-0.2, 0) is 0 Å². The quantitative estimate of drug-likeness (QED) is 0.929. The minimum absolute atomic E-state index is 0.568. The molecule has 0 saturated heterocycles. The highest BCUT2D eigenvalue weighted by atomic mass is 79.9. The Balaban J connectivity index is 2.18. The molecule has 2 atom stereocenters. The molecule has 1 fully saturated rings. The lowest BCUT2D eigenvalue weighted by atomic mass is 10.0. The number of nitrogens with two attached hydrogens (primary N) is 1. The SMILES string of the molecule is CCN(c1ccc(Br)cn1)C1CCCC1CN. The van der Waals surface area contributed by atoms with Crippen LogP contribution in [0.1, 0.15) is 26.2 Å². The Bertz CT molecular complexity index is 352. The van der Waals surface area contributed by atoms with Crippen molar-refractivity contribution in [2.24, 2.45) is 11.7 Å². The van der Waals surface area contributed by atoms with E-state index in [1.165, 1.54) is 19.3 Å². The zero-order chi connectivity index (χ0) is 12.3. The molecule has 0 aliphatic heterocycles. The van der Waals surface area contributed by atoms with Crippen LogP contribution in [0, 0.1) is 5.92 Å². The minimum atomic E-state index is 0.568. The molecular weight excluding hydrogens is 278 g/mol. The summed E-state index contributed by atoms with van der Waals surface area (Å²) < 4.78 is 1.03. The van der Waals surface area contributed by atoms with Gasteiger partial charge in [-0.1, -0.05) is 6.42 Å². The summed E-state index contributed by atoms with van der Waals surface area (Å²) in [5.41, 5.74) is 5.86. The number of rotatable bonds is 4. The van der Waals surface area contributed by atoms with Crippen molar-refractivity contribution in [1.82, 2.24) is 4.98 Å². The van der Waals surface area contributed by atoms with Gasteiger partial charge in [-0.2, -0.15) is 0 Å². The molecule has 0 aromatic carbocycles. The van der Waals surface area contributed by atoms with Crippen LogP contribution in [0.4, 0.5) is 5.82 Å². The van der Waals surface area contributed by atoms with E-state index >= 15 is 0 Å². The highest BCUT2D eigenvalue weighted by molar-refractivity contribution is 9.10. The van der Waals surface area contributed by atoms with Gasteiger partial charge in [0.2, 0.25) is 0 Å². The van der Waals surface area contributed by atoms with Gasteiger partial charge in [0.25, 0.3) is 0 Å². The standard InChI is InChI=1S/C13H20BrN3/c1-2-17(12-5-3-4-10(12)8-15)13-7-6-11(14)9-16-13/h6-7,9-10,12H,2-5,8,15H2,1H3. The van der Waals surface area contributed by atoms with E-state index in [9.17, 15) is 0 Å². The maximum Gasteiger partial charge on any atom is 0.128 e. The van der Waals surface area contributed by atoms with Crippen molar-refractivity contribution in [2.45, 2.75) is 32.2 Å². The van der Waals surface area contributed by atoms with E-state index in [1.54, 1.807) is 0 Å². The minimum Gasteiger partial charge on any atom is -0.354 e. The van der Waals surface area contributed by atoms with Crippen molar-refractivity contribution in [3.8, 4) is 0 Å². The van der Waals surface area contributed by atoms with E-state index in [4.69, 9.17) is 5.73 Å². The number of hydrogen-bond acceptors (Lipinski definition) is 3. The van der Waals surface area contributed by atoms with Crippen molar-refractivity contribution in [1.29, 1.82) is 0 Å². The number of nitrogens with zero attached hydrogens (tertiary/aromatic N) is 2. The third kappa shape index (κ3) is 2.80. The molecule has 0 bridgehead atoms. The lowest BCUT2D eigenvalue weighted by Gasteiger charge is -2.32. The summed E-state index contributed by atoms with van der Waals surface area (Å²) in [6, 6.07) is 4.70. The Morgan fingerprint density at radius 1 is 1.47 bits per heavy atom. The Morgan fingerprint density at radius 3 is 2.88 bits per heavy atom. The molecule has 0 amide bonds. The molecule has 17 heavy (non-hydrogen) atoms. The first kappa shape index (κ1) is 12.8. The van der Waals surface area contributed by atoms with Gasteiger partial charge in [0.15, 0.2) is 0 Å². The van der Waals surface area contributed by atoms with E-state index in [1.807, 2.05) is 6.20 Å². The van der Waals surface area contributed by atoms with Crippen molar-refractivity contribution in [3.05, 3.63) is 22.8 Å². The van der Waals surface area contributed by atoms with Crippen LogP contribution in [0.25, 0.3) is 0 Å². The monoisotopic (exact) mass is 297 g/mol. The summed E-state index contributed by atoms with van der Waals surface area (Å²) in [6.07, 6.45) is 5.66. The molecule has 1 aromatic rings. The molecule has 1 aromatic heterocycles. The predicted octanol–water partition coefficient (Wildman–Crippen LogP) is 2.80. The molecule has 2 N–H and O–H groups in total. The number of pyridine rings is 1. The maximum atomic E-state index is 5.86. The lowest BCUT2D eigenvalue weighted by molar-refractivity contribution is 0.459. The van der Waals surface area contributed by atoms with Gasteiger partial charge in [0.05, 0.1) is 0 Å². The topological polar surface area (TPSA) is 42.2 Å². The first-order chi connectivity index (χ1) is 8.26. The fourth-order valence-corrected chi connectivity index (χ4v) is 3.04. The molecule has 2 unspecified atom stereocenters. The van der Waals surface area contributed by atoms with Crippen LogP contribution in [0.15, 0.2) is 22.8 Å². The van der Waals surface area contributed by atoms with Crippen LogP contribution >= 0.6 is 15.9 Å². The van der Waals surface area contributed by atoms with Gasteiger partial charge in [0.1, 0.15) is 5.82 Å². The zero-order valence-electron chi connectivity index (χ0n) is 10.3. The van der Waals surface area contributed by atoms with Crippen molar-refractivity contribution in [2.75, 3.05) is 18.0 Å². The molecule has 2 rings (SSSR count). The molecule has 94 valence electrons. The third-order valence-electron chi connectivity index (χ3n) is 3.67. The van der Waals surface area contributed by atoms with Gasteiger partial charge >= 0.3 is 0 Å². The van der Waals surface area contributed by atoms with Gasteiger partial charge in [-0.3, -0.25) is 0 Å². The van der Waals surface area contributed by atoms with Gasteiger partial charge < -0.3 is 10.6 Å². The van der Waals surface area contributed by atoms with E-state index in [0.717, 1.165) is 23.4 Å². The normalized spacial score (nSPS) is 23.9. The van der Waals surface area contributed by atoms with Gasteiger partial charge in [-0.15, -0.1) is 0 Å². The highest BCUT2D eigenvalue weighted by Gasteiger charge is 2.31. The first-order valence-electron chi connectivity index (χ1n) is 6.34. The van der Waals surface area contributed by atoms with Crippen LogP contribution in [0.2, 0.25) is 0 Å². The summed E-state index contributed by atoms with van der Waals surface area (Å²) in [5.74, 6) is 1.70. The second-order valence-electron chi connectivity index (χ2n) is 4.61. The predicted molar refractivity (Wildman–Crippen MR) is 75.1 cm³/mol. The summed E-state index contributed by atoms with van der Waals surface area (Å²) in [6.45, 7) is 3.98. The van der Waals surface area contributed by atoms with Crippen LogP contribution in [-0.4, -0.2) is 24.1 Å². The smallest absolute Gasteiger partial charge is 0.128 e. The fraction of sp³-hybridized carbons (Fsp3) is 0.615. The first-order valence-corrected chi connectivity index (χ1v) is 7.13. The Kier molecular flexibility index (Phi) is 4.40. The second kappa shape index (κ2) is 5.83. The number of anilines is 1. The van der Waals surface area contributed by atoms with Gasteiger partial charge in [-0.25, -0.2) is 4.98 Å². The van der Waals surface area contributed by atoms with E-state index in [2.05, 4.69) is 44.9 Å². The van der Waals surface area contributed by atoms with E-state index < -0.39 is 0 Å². The average molecular weight is 298 g/mol. The summed E-state index contributed by atoms with van der Waals surface area (Å²) in [5, 5.41) is 0. The highest BCUT2D eigenvalue weighted by Crippen LogP contribution is 2.31. The molecule has 4 heteroatoms. The number of aromatic nitrogens is 1. The molecular formula is C13H20BrN3. The van der Waals surface area contributed by atoms with Crippen LogP contribution < -0.4 is 10.6 Å². The van der Waals surface area contributed by atoms with Crippen LogP contribution in [0.3, 0.4) is 0 Å². The Morgan fingerprint density at radius 2 is 2.29 bits per heavy atom. The van der Waals surface area contributed by atoms with Crippen LogP contribution in [0.5, 0.6) is 0 Å². The third-order valence-corrected chi connectivity index (χ3v) is 4.14. The van der Waals surface area contributed by atoms with E-state index in [-0.39, 0.29) is 0 Å². The Hall–Kier alpha value is -0.610. The molecule has 1 heterocycles. The Labute approximate surface area is 112 Å². The zero-order valence-corrected chi connectivity index (χ0v) is 11.9. The molecule has 0 spiro atoms. The second-order valence-corrected chi connectivity index (χ2v) is 5.53. The average Bonchev–Trinajstić information content (AvgIpc) is 2.81.